The van der Waals surface area contributed by atoms with Crippen LogP contribution in [0.25, 0.3) is 0 Å². The summed E-state index contributed by atoms with van der Waals surface area (Å²) >= 11 is 0. The van der Waals surface area contributed by atoms with Gasteiger partial charge in [-0.2, -0.15) is 0 Å². The van der Waals surface area contributed by atoms with Gasteiger partial charge in [0.25, 0.3) is 10.0 Å². The van der Waals surface area contributed by atoms with Crippen LogP contribution in [0.5, 0.6) is 0 Å². The van der Waals surface area contributed by atoms with Gasteiger partial charge in [0.1, 0.15) is 5.72 Å². The number of nitrogens with zero attached hydrogens (tertiary/aromatic N) is 1. The number of nitrogens with one attached hydrogen (secondary N) is 1. The van der Waals surface area contributed by atoms with Gasteiger partial charge in [-0.3, -0.25) is 9.62 Å². The minimum Gasteiger partial charge on any atom is -0.387 e. The van der Waals surface area contributed by atoms with Crippen molar-refractivity contribution < 1.29 is 18.3 Å². The first kappa shape index (κ1) is 22.7. The molecule has 0 aromatic heterocycles. The number of ether oxygens (including phenoxy) is 1. The van der Waals surface area contributed by atoms with E-state index in [1.54, 1.807) is 24.3 Å². The van der Waals surface area contributed by atoms with Gasteiger partial charge in [0.2, 0.25) is 0 Å². The van der Waals surface area contributed by atoms with Gasteiger partial charge in [-0.15, -0.1) is 0 Å². The number of rotatable bonds is 10. The van der Waals surface area contributed by atoms with Gasteiger partial charge in [0, 0.05) is 13.1 Å². The average molecular weight is 433 g/mol. The Kier molecular flexibility index (Phi) is 6.87. The Morgan fingerprint density at radius 3 is 2.23 bits per heavy atom. The van der Waals surface area contributed by atoms with Crippen LogP contribution in [0.15, 0.2) is 53.4 Å². The number of epoxide rings is 1. The molecule has 2 unspecified atom stereocenters. The van der Waals surface area contributed by atoms with E-state index >= 15 is 0 Å². The second-order valence-electron chi connectivity index (χ2n) is 8.44. The largest absolute Gasteiger partial charge is 0.387 e. The molecule has 1 heterocycles. The average Bonchev–Trinajstić information content (AvgIpc) is 3.48. The smallest absolute Gasteiger partial charge is 0.264 e. The van der Waals surface area contributed by atoms with E-state index in [-0.39, 0.29) is 16.5 Å². The molecule has 0 bridgehead atoms. The van der Waals surface area contributed by atoms with Gasteiger partial charge >= 0.3 is 0 Å². The number of aliphatic hydroxyl groups is 1. The molecule has 2 aromatic carbocycles. The number of hydrogen-bond donors (Lipinski definition) is 2. The summed E-state index contributed by atoms with van der Waals surface area (Å²) in [5.74, 6) is 0.170. The third-order valence-electron chi connectivity index (χ3n) is 5.26. The molecule has 164 valence electrons. The van der Waals surface area contributed by atoms with Crippen LogP contribution in [0, 0.1) is 5.92 Å². The third kappa shape index (κ3) is 5.40. The number of aliphatic hydroxyl groups excluding tert-OH is 1. The molecule has 6 nitrogen and oxygen atoms in total. The molecule has 1 saturated heterocycles. The van der Waals surface area contributed by atoms with Gasteiger partial charge in [0.15, 0.2) is 0 Å². The Morgan fingerprint density at radius 1 is 1.13 bits per heavy atom. The molecular formula is C23H32N2O4S. The summed E-state index contributed by atoms with van der Waals surface area (Å²) in [7, 11) is -3.72. The summed E-state index contributed by atoms with van der Waals surface area (Å²) in [4.78, 5) is 0.212. The van der Waals surface area contributed by atoms with E-state index < -0.39 is 16.1 Å². The second kappa shape index (κ2) is 9.06. The molecule has 2 aromatic rings. The first-order chi connectivity index (χ1) is 14.1. The lowest BCUT2D eigenvalue weighted by atomic mass is 10.1. The molecule has 0 amide bonds. The lowest BCUT2D eigenvalue weighted by Gasteiger charge is -2.26. The van der Waals surface area contributed by atoms with Gasteiger partial charge in [-0.05, 0) is 54.7 Å². The molecule has 2 atom stereocenters. The highest BCUT2D eigenvalue weighted by Gasteiger charge is 2.39. The fourth-order valence-corrected chi connectivity index (χ4v) is 4.83. The van der Waals surface area contributed by atoms with Gasteiger partial charge in [-0.1, -0.05) is 45.0 Å². The van der Waals surface area contributed by atoms with Gasteiger partial charge < -0.3 is 9.84 Å². The molecule has 1 aliphatic rings. The SMILES string of the molecule is CCc1ccc(N(CC(C)C)S(=O)(=O)c2ccc(C(O)CNC3(C)CO3)cc2)cc1. The third-order valence-corrected chi connectivity index (χ3v) is 7.07. The lowest BCUT2D eigenvalue weighted by molar-refractivity contribution is 0.153. The molecule has 0 radical (unpaired) electrons. The van der Waals surface area contributed by atoms with E-state index in [0.29, 0.717) is 30.9 Å². The number of hydrogen-bond acceptors (Lipinski definition) is 5. The highest BCUT2D eigenvalue weighted by molar-refractivity contribution is 7.92. The predicted molar refractivity (Wildman–Crippen MR) is 119 cm³/mol. The first-order valence-corrected chi connectivity index (χ1v) is 11.9. The fraction of sp³-hybridized carbons (Fsp3) is 0.478. The van der Waals surface area contributed by atoms with Crippen molar-refractivity contribution in [1.82, 2.24) is 5.32 Å². The molecule has 0 spiro atoms. The lowest BCUT2D eigenvalue weighted by Crippen LogP contribution is -2.34. The standard InChI is InChI=1S/C23H32N2O4S/c1-5-18-6-10-20(11-7-18)25(15-17(2)3)30(27,28)21-12-8-19(9-13-21)22(26)14-24-23(4)16-29-23/h6-13,17,22,24,26H,5,14-16H2,1-4H3. The quantitative estimate of drug-likeness (QED) is 0.562. The van der Waals surface area contributed by atoms with E-state index in [9.17, 15) is 13.5 Å². The highest BCUT2D eigenvalue weighted by atomic mass is 32.2. The van der Waals surface area contributed by atoms with Crippen LogP contribution in [0.3, 0.4) is 0 Å². The predicted octanol–water partition coefficient (Wildman–Crippen LogP) is 3.47. The maximum atomic E-state index is 13.4. The van der Waals surface area contributed by atoms with E-state index in [4.69, 9.17) is 4.74 Å². The van der Waals surface area contributed by atoms with Crippen molar-refractivity contribution in [3.8, 4) is 0 Å². The van der Waals surface area contributed by atoms with Crippen LogP contribution in [0.1, 0.15) is 44.9 Å². The van der Waals surface area contributed by atoms with Crippen molar-refractivity contribution in [2.45, 2.75) is 50.8 Å². The van der Waals surface area contributed by atoms with E-state index in [1.165, 1.54) is 4.31 Å². The van der Waals surface area contributed by atoms with Gasteiger partial charge in [0.05, 0.1) is 23.3 Å². The van der Waals surface area contributed by atoms with Crippen molar-refractivity contribution in [2.75, 3.05) is 24.0 Å². The van der Waals surface area contributed by atoms with Crippen LogP contribution >= 0.6 is 0 Å². The van der Waals surface area contributed by atoms with E-state index in [2.05, 4.69) is 12.2 Å². The molecule has 7 heteroatoms. The minimum absolute atomic E-state index is 0.170. The Hall–Kier alpha value is -1.93. The topological polar surface area (TPSA) is 82.2 Å². The molecule has 30 heavy (non-hydrogen) atoms. The molecule has 0 aliphatic carbocycles. The fourth-order valence-electron chi connectivity index (χ4n) is 3.20. The van der Waals surface area contributed by atoms with Crippen LogP contribution < -0.4 is 9.62 Å². The van der Waals surface area contributed by atoms with Crippen molar-refractivity contribution in [1.29, 1.82) is 0 Å². The molecule has 1 fully saturated rings. The minimum atomic E-state index is -3.72. The normalized spacial score (nSPS) is 19.7. The maximum Gasteiger partial charge on any atom is 0.264 e. The summed E-state index contributed by atoms with van der Waals surface area (Å²) in [5.41, 5.74) is 2.13. The summed E-state index contributed by atoms with van der Waals surface area (Å²) in [6.07, 6.45) is 0.164. The van der Waals surface area contributed by atoms with Crippen molar-refractivity contribution >= 4 is 15.7 Å². The van der Waals surface area contributed by atoms with Crippen molar-refractivity contribution in [3.05, 3.63) is 59.7 Å². The van der Waals surface area contributed by atoms with Crippen molar-refractivity contribution in [3.63, 3.8) is 0 Å². The summed E-state index contributed by atoms with van der Waals surface area (Å²) in [5, 5.41) is 13.5. The van der Waals surface area contributed by atoms with Crippen LogP contribution in [0.2, 0.25) is 0 Å². The number of benzene rings is 2. The number of sulfonamides is 1. The van der Waals surface area contributed by atoms with Crippen LogP contribution in [-0.2, 0) is 21.2 Å². The molecule has 2 N–H and O–H groups in total. The first-order valence-electron chi connectivity index (χ1n) is 10.4. The highest BCUT2D eigenvalue weighted by Crippen LogP contribution is 2.27. The Balaban J connectivity index is 1.81. The number of aryl methyl sites for hydroxylation is 1. The molecule has 3 rings (SSSR count). The van der Waals surface area contributed by atoms with Crippen molar-refractivity contribution in [2.24, 2.45) is 5.92 Å². The molecular weight excluding hydrogens is 400 g/mol. The Morgan fingerprint density at radius 2 is 1.73 bits per heavy atom. The zero-order valence-electron chi connectivity index (χ0n) is 18.1. The molecule has 0 saturated carbocycles. The zero-order chi connectivity index (χ0) is 21.9. The monoisotopic (exact) mass is 432 g/mol. The van der Waals surface area contributed by atoms with E-state index in [1.807, 2.05) is 45.0 Å². The summed E-state index contributed by atoms with van der Waals surface area (Å²) < 4.78 is 33.5. The second-order valence-corrected chi connectivity index (χ2v) is 10.3. The number of anilines is 1. The Labute approximate surface area is 179 Å². The summed E-state index contributed by atoms with van der Waals surface area (Å²) in [6.45, 7) is 9.35. The maximum absolute atomic E-state index is 13.4. The van der Waals surface area contributed by atoms with E-state index in [0.717, 1.165) is 12.0 Å². The zero-order valence-corrected chi connectivity index (χ0v) is 18.9. The van der Waals surface area contributed by atoms with Crippen LogP contribution in [-0.4, -0.2) is 38.9 Å². The van der Waals surface area contributed by atoms with Gasteiger partial charge in [-0.25, -0.2) is 8.42 Å². The Bertz CT molecular complexity index is 936. The molecule has 1 aliphatic heterocycles. The van der Waals surface area contributed by atoms with Crippen LogP contribution in [0.4, 0.5) is 5.69 Å². The summed E-state index contributed by atoms with van der Waals surface area (Å²) in [6, 6.07) is 14.1.